The van der Waals surface area contributed by atoms with Crippen LogP contribution < -0.4 is 10.1 Å². The standard InChI is InChI=1S/C22H17F6N3O2/c23-21(24,25)13-33-18-8-7-16(12-31-18)15-5-3-14(4-6-15)9-11-30-20(32)17-2-1-10-29-19(17)22(26,27)28/h1-8,10,12H,9,11,13H2,(H,30,32). The van der Waals surface area contributed by atoms with E-state index in [1.54, 1.807) is 30.3 Å². The van der Waals surface area contributed by atoms with Gasteiger partial charge in [0.1, 0.15) is 0 Å². The zero-order valence-corrected chi connectivity index (χ0v) is 16.9. The Labute approximate surface area is 184 Å². The number of carbonyl (C=O) groups is 1. The molecule has 0 atom stereocenters. The minimum atomic E-state index is -4.73. The van der Waals surface area contributed by atoms with Crippen molar-refractivity contribution in [2.24, 2.45) is 0 Å². The first kappa shape index (κ1) is 24.0. The number of nitrogens with one attached hydrogen (secondary N) is 1. The Morgan fingerprint density at radius 1 is 0.909 bits per heavy atom. The van der Waals surface area contributed by atoms with Gasteiger partial charge < -0.3 is 10.1 Å². The number of carbonyl (C=O) groups excluding carboxylic acids is 1. The zero-order chi connectivity index (χ0) is 24.1. The van der Waals surface area contributed by atoms with Gasteiger partial charge >= 0.3 is 12.4 Å². The highest BCUT2D eigenvalue weighted by Gasteiger charge is 2.36. The SMILES string of the molecule is O=C(NCCc1ccc(-c2ccc(OCC(F)(F)F)nc2)cc1)c1cccnc1C(F)(F)F. The molecule has 1 aromatic carbocycles. The number of amides is 1. The maximum atomic E-state index is 13.0. The van der Waals surface area contributed by atoms with Crippen molar-refractivity contribution in [3.63, 3.8) is 0 Å². The summed E-state index contributed by atoms with van der Waals surface area (Å²) in [6, 6.07) is 12.3. The summed E-state index contributed by atoms with van der Waals surface area (Å²) in [6.45, 7) is -1.32. The Bertz CT molecular complexity index is 1080. The minimum absolute atomic E-state index is 0.108. The number of benzene rings is 1. The molecule has 0 radical (unpaired) electrons. The first-order valence-corrected chi connectivity index (χ1v) is 9.58. The Kier molecular flexibility index (Phi) is 7.19. The third kappa shape index (κ3) is 6.93. The molecule has 0 unspecified atom stereocenters. The Balaban J connectivity index is 1.55. The van der Waals surface area contributed by atoms with Crippen molar-refractivity contribution < 1.29 is 35.9 Å². The van der Waals surface area contributed by atoms with Gasteiger partial charge in [-0.2, -0.15) is 26.3 Å². The molecule has 0 fully saturated rings. The highest BCUT2D eigenvalue weighted by molar-refractivity contribution is 5.95. The van der Waals surface area contributed by atoms with E-state index in [0.29, 0.717) is 12.0 Å². The molecular formula is C22H17F6N3O2. The van der Waals surface area contributed by atoms with E-state index >= 15 is 0 Å². The van der Waals surface area contributed by atoms with E-state index in [1.807, 2.05) is 0 Å². The predicted molar refractivity (Wildman–Crippen MR) is 106 cm³/mol. The fourth-order valence-corrected chi connectivity index (χ4v) is 2.89. The molecular weight excluding hydrogens is 452 g/mol. The lowest BCUT2D eigenvalue weighted by atomic mass is 10.0. The molecule has 2 aromatic heterocycles. The highest BCUT2D eigenvalue weighted by atomic mass is 19.4. The van der Waals surface area contributed by atoms with Crippen molar-refractivity contribution in [1.29, 1.82) is 0 Å². The molecule has 0 aliphatic rings. The van der Waals surface area contributed by atoms with Gasteiger partial charge in [-0.3, -0.25) is 9.78 Å². The first-order chi connectivity index (χ1) is 15.5. The van der Waals surface area contributed by atoms with E-state index in [0.717, 1.165) is 23.4 Å². The molecule has 33 heavy (non-hydrogen) atoms. The first-order valence-electron chi connectivity index (χ1n) is 9.58. The van der Waals surface area contributed by atoms with Gasteiger partial charge in [-0.05, 0) is 35.7 Å². The molecule has 0 bridgehead atoms. The molecule has 0 saturated heterocycles. The van der Waals surface area contributed by atoms with Crippen LogP contribution in [-0.2, 0) is 12.6 Å². The van der Waals surface area contributed by atoms with Crippen molar-refractivity contribution in [3.8, 4) is 17.0 Å². The van der Waals surface area contributed by atoms with E-state index in [9.17, 15) is 31.1 Å². The molecule has 11 heteroatoms. The quantitative estimate of drug-likeness (QED) is 0.491. The summed E-state index contributed by atoms with van der Waals surface area (Å²) in [5, 5.41) is 2.45. The van der Waals surface area contributed by atoms with Crippen LogP contribution >= 0.6 is 0 Å². The van der Waals surface area contributed by atoms with Crippen molar-refractivity contribution in [3.05, 3.63) is 77.7 Å². The van der Waals surface area contributed by atoms with Gasteiger partial charge in [-0.1, -0.05) is 24.3 Å². The molecule has 1 amide bonds. The molecule has 174 valence electrons. The van der Waals surface area contributed by atoms with E-state index < -0.39 is 36.1 Å². The summed E-state index contributed by atoms with van der Waals surface area (Å²) in [7, 11) is 0. The summed E-state index contributed by atoms with van der Waals surface area (Å²) in [4.78, 5) is 19.2. The summed E-state index contributed by atoms with van der Waals surface area (Å²) >= 11 is 0. The maximum absolute atomic E-state index is 13.0. The number of hydrogen-bond acceptors (Lipinski definition) is 4. The van der Waals surface area contributed by atoms with Gasteiger partial charge in [0.25, 0.3) is 5.91 Å². The third-order valence-corrected chi connectivity index (χ3v) is 4.43. The fraction of sp³-hybridized carbons (Fsp3) is 0.227. The maximum Gasteiger partial charge on any atom is 0.434 e. The van der Waals surface area contributed by atoms with Gasteiger partial charge in [0.05, 0.1) is 5.56 Å². The van der Waals surface area contributed by atoms with Crippen LogP contribution in [0.2, 0.25) is 0 Å². The Morgan fingerprint density at radius 2 is 1.61 bits per heavy atom. The smallest absolute Gasteiger partial charge is 0.434 e. The predicted octanol–water partition coefficient (Wildman–Crippen LogP) is 5.08. The van der Waals surface area contributed by atoms with Crippen LogP contribution in [0, 0.1) is 0 Å². The van der Waals surface area contributed by atoms with Crippen LogP contribution in [0.4, 0.5) is 26.3 Å². The van der Waals surface area contributed by atoms with Crippen molar-refractivity contribution in [1.82, 2.24) is 15.3 Å². The summed E-state index contributed by atoms with van der Waals surface area (Å²) < 4.78 is 80.1. The lowest BCUT2D eigenvalue weighted by molar-refractivity contribution is -0.154. The van der Waals surface area contributed by atoms with Gasteiger partial charge in [-0.25, -0.2) is 4.98 Å². The summed E-state index contributed by atoms with van der Waals surface area (Å²) in [5.41, 5.74) is 0.443. The average molecular weight is 469 g/mol. The number of aromatic nitrogens is 2. The van der Waals surface area contributed by atoms with Crippen LogP contribution in [0.5, 0.6) is 5.88 Å². The molecule has 3 aromatic rings. The van der Waals surface area contributed by atoms with E-state index in [4.69, 9.17) is 0 Å². The van der Waals surface area contributed by atoms with Crippen molar-refractivity contribution in [2.75, 3.05) is 13.2 Å². The number of halogens is 6. The number of alkyl halides is 6. The van der Waals surface area contributed by atoms with Gasteiger partial charge in [0.15, 0.2) is 12.3 Å². The lowest BCUT2D eigenvalue weighted by Crippen LogP contribution is -2.28. The Morgan fingerprint density at radius 3 is 2.21 bits per heavy atom. The topological polar surface area (TPSA) is 64.1 Å². The Hall–Kier alpha value is -3.63. The van der Waals surface area contributed by atoms with Crippen LogP contribution in [-0.4, -0.2) is 35.2 Å². The monoisotopic (exact) mass is 469 g/mol. The minimum Gasteiger partial charge on any atom is -0.468 e. The fourth-order valence-electron chi connectivity index (χ4n) is 2.89. The molecule has 3 rings (SSSR count). The van der Waals surface area contributed by atoms with Crippen molar-refractivity contribution >= 4 is 5.91 Å². The molecule has 0 saturated carbocycles. The molecule has 5 nitrogen and oxygen atoms in total. The number of rotatable bonds is 7. The second-order valence-electron chi connectivity index (χ2n) is 6.89. The number of pyridine rings is 2. The molecule has 2 heterocycles. The van der Waals surface area contributed by atoms with E-state index in [-0.39, 0.29) is 12.4 Å². The van der Waals surface area contributed by atoms with Crippen LogP contribution in [0.3, 0.4) is 0 Å². The van der Waals surface area contributed by atoms with Crippen molar-refractivity contribution in [2.45, 2.75) is 18.8 Å². The summed E-state index contributed by atoms with van der Waals surface area (Å²) in [5.74, 6) is -1.02. The second-order valence-corrected chi connectivity index (χ2v) is 6.89. The molecule has 0 aliphatic heterocycles. The van der Waals surface area contributed by atoms with Crippen LogP contribution in [0.1, 0.15) is 21.6 Å². The third-order valence-electron chi connectivity index (χ3n) is 4.43. The number of hydrogen-bond donors (Lipinski definition) is 1. The molecule has 1 N–H and O–H groups in total. The van der Waals surface area contributed by atoms with Crippen LogP contribution in [0.25, 0.3) is 11.1 Å². The van der Waals surface area contributed by atoms with Gasteiger partial charge in [0.2, 0.25) is 5.88 Å². The van der Waals surface area contributed by atoms with E-state index in [2.05, 4.69) is 20.0 Å². The van der Waals surface area contributed by atoms with E-state index in [1.165, 1.54) is 18.3 Å². The normalized spacial score (nSPS) is 11.8. The number of ether oxygens (including phenoxy) is 1. The molecule has 0 spiro atoms. The molecule has 0 aliphatic carbocycles. The lowest BCUT2D eigenvalue weighted by Gasteiger charge is -2.11. The average Bonchev–Trinajstić information content (AvgIpc) is 2.77. The van der Waals surface area contributed by atoms with Gasteiger partial charge in [-0.15, -0.1) is 0 Å². The zero-order valence-electron chi connectivity index (χ0n) is 16.9. The summed E-state index contributed by atoms with van der Waals surface area (Å²) in [6.07, 6.45) is -6.46. The number of nitrogens with zero attached hydrogens (tertiary/aromatic N) is 2. The van der Waals surface area contributed by atoms with Gasteiger partial charge in [0, 0.05) is 30.6 Å². The second kappa shape index (κ2) is 9.88. The van der Waals surface area contributed by atoms with Crippen LogP contribution in [0.15, 0.2) is 60.9 Å². The largest absolute Gasteiger partial charge is 0.468 e. The highest BCUT2D eigenvalue weighted by Crippen LogP contribution is 2.30.